The van der Waals surface area contributed by atoms with E-state index in [0.29, 0.717) is 10.8 Å². The van der Waals surface area contributed by atoms with Crippen molar-refractivity contribution in [2.24, 2.45) is 0 Å². The molecule has 0 aliphatic rings. The fourth-order valence-corrected chi connectivity index (χ4v) is 1.99. The van der Waals surface area contributed by atoms with Crippen molar-refractivity contribution in [3.05, 3.63) is 42.5 Å². The predicted molar refractivity (Wildman–Crippen MR) is 51.4 cm³/mol. The number of hydrogen-bond acceptors (Lipinski definition) is 2. The Morgan fingerprint density at radius 2 is 2.07 bits per heavy atom. The Hall–Kier alpha value is -1.39. The molecule has 0 aliphatic carbocycles. The first-order valence-electron chi connectivity index (χ1n) is 3.87. The lowest BCUT2D eigenvalue weighted by molar-refractivity contribution is 0.484. The van der Waals surface area contributed by atoms with Crippen molar-refractivity contribution in [1.82, 2.24) is 0 Å². The van der Waals surface area contributed by atoms with E-state index in [0.717, 1.165) is 0 Å². The third kappa shape index (κ3) is 1.49. The summed E-state index contributed by atoms with van der Waals surface area (Å²) in [6.07, 6.45) is 0. The summed E-state index contributed by atoms with van der Waals surface area (Å²) in [4.78, 5) is -0.108. The van der Waals surface area contributed by atoms with E-state index in [4.69, 9.17) is 4.55 Å². The van der Waals surface area contributed by atoms with Gasteiger partial charge < -0.3 is 0 Å². The Morgan fingerprint density at radius 1 is 1.29 bits per heavy atom. The second kappa shape index (κ2) is 3.08. The SMILES string of the molecule is O=S(=O)(O)c1cccc2[c]c[c]cc12. The summed E-state index contributed by atoms with van der Waals surface area (Å²) in [5, 5.41) is 1.07. The molecule has 1 N–H and O–H groups in total. The Kier molecular flexibility index (Phi) is 2.02. The fourth-order valence-electron chi connectivity index (χ4n) is 1.29. The number of benzene rings is 2. The van der Waals surface area contributed by atoms with E-state index in [1.807, 2.05) is 0 Å². The van der Waals surface area contributed by atoms with Gasteiger partial charge in [-0.2, -0.15) is 8.42 Å². The molecule has 2 rings (SSSR count). The van der Waals surface area contributed by atoms with E-state index in [9.17, 15) is 8.42 Å². The van der Waals surface area contributed by atoms with Gasteiger partial charge in [-0.3, -0.25) is 4.55 Å². The van der Waals surface area contributed by atoms with Gasteiger partial charge in [-0.15, -0.1) is 0 Å². The van der Waals surface area contributed by atoms with Crippen molar-refractivity contribution >= 4 is 20.9 Å². The summed E-state index contributed by atoms with van der Waals surface area (Å²) in [7, 11) is -4.17. The number of rotatable bonds is 1. The highest BCUT2D eigenvalue weighted by Crippen LogP contribution is 2.21. The Bertz CT molecular complexity index is 567. The first-order chi connectivity index (χ1) is 6.59. The quantitative estimate of drug-likeness (QED) is 0.722. The molecule has 4 heteroatoms. The molecule has 0 atom stereocenters. The molecule has 0 aromatic heterocycles. The molecule has 0 unspecified atom stereocenters. The minimum atomic E-state index is -4.17. The van der Waals surface area contributed by atoms with Gasteiger partial charge in [0.05, 0.1) is 0 Å². The van der Waals surface area contributed by atoms with Crippen molar-refractivity contribution in [3.63, 3.8) is 0 Å². The molecular formula is C10H6O3S. The first kappa shape index (κ1) is 9.18. The van der Waals surface area contributed by atoms with Crippen molar-refractivity contribution in [2.45, 2.75) is 4.90 Å². The molecule has 0 bridgehead atoms. The number of hydrogen-bond donors (Lipinski definition) is 1. The van der Waals surface area contributed by atoms with E-state index in [2.05, 4.69) is 12.1 Å². The van der Waals surface area contributed by atoms with Gasteiger partial charge in [-0.1, -0.05) is 12.1 Å². The van der Waals surface area contributed by atoms with E-state index >= 15 is 0 Å². The van der Waals surface area contributed by atoms with Gasteiger partial charge in [-0.05, 0) is 35.7 Å². The van der Waals surface area contributed by atoms with Gasteiger partial charge in [-0.25, -0.2) is 0 Å². The zero-order valence-corrected chi connectivity index (χ0v) is 7.88. The van der Waals surface area contributed by atoms with Crippen LogP contribution < -0.4 is 0 Å². The van der Waals surface area contributed by atoms with Crippen LogP contribution in [0.2, 0.25) is 0 Å². The molecule has 0 heterocycles. The van der Waals surface area contributed by atoms with Crippen LogP contribution in [0.25, 0.3) is 10.8 Å². The third-order valence-corrected chi connectivity index (χ3v) is 2.79. The monoisotopic (exact) mass is 206 g/mol. The van der Waals surface area contributed by atoms with E-state index in [1.54, 1.807) is 18.2 Å². The van der Waals surface area contributed by atoms with Crippen LogP contribution in [0.3, 0.4) is 0 Å². The summed E-state index contributed by atoms with van der Waals surface area (Å²) in [5.41, 5.74) is 0. The Morgan fingerprint density at radius 3 is 2.79 bits per heavy atom. The molecule has 3 nitrogen and oxygen atoms in total. The summed E-state index contributed by atoms with van der Waals surface area (Å²) < 4.78 is 30.9. The van der Waals surface area contributed by atoms with Crippen LogP contribution in [0, 0.1) is 12.1 Å². The summed E-state index contributed by atoms with van der Waals surface area (Å²) in [6, 6.07) is 13.2. The molecule has 2 aromatic carbocycles. The van der Waals surface area contributed by atoms with Crippen LogP contribution in [-0.2, 0) is 10.1 Å². The standard InChI is InChI=1S/C10H6O3S/c11-14(12,13)10-7-3-5-8-4-1-2-6-9(8)10/h1,3,5-7H,(H,11,12,13). The normalized spacial score (nSPS) is 11.8. The van der Waals surface area contributed by atoms with Gasteiger partial charge in [0.15, 0.2) is 0 Å². The predicted octanol–water partition coefficient (Wildman–Crippen LogP) is 1.69. The molecular weight excluding hydrogens is 200 g/mol. The highest BCUT2D eigenvalue weighted by molar-refractivity contribution is 7.86. The highest BCUT2D eigenvalue weighted by atomic mass is 32.2. The van der Waals surface area contributed by atoms with Gasteiger partial charge in [0.2, 0.25) is 0 Å². The van der Waals surface area contributed by atoms with E-state index in [1.165, 1.54) is 12.1 Å². The molecule has 14 heavy (non-hydrogen) atoms. The lowest BCUT2D eigenvalue weighted by atomic mass is 10.1. The molecule has 0 fully saturated rings. The molecule has 2 aromatic rings. The lowest BCUT2D eigenvalue weighted by Crippen LogP contribution is -1.98. The van der Waals surface area contributed by atoms with Crippen LogP contribution in [-0.4, -0.2) is 13.0 Å². The minimum Gasteiger partial charge on any atom is -0.282 e. The second-order valence-corrected chi connectivity index (χ2v) is 4.18. The topological polar surface area (TPSA) is 54.4 Å². The maximum atomic E-state index is 11.0. The van der Waals surface area contributed by atoms with Gasteiger partial charge in [0.1, 0.15) is 4.90 Å². The van der Waals surface area contributed by atoms with E-state index in [-0.39, 0.29) is 4.90 Å². The smallest absolute Gasteiger partial charge is 0.282 e. The fraction of sp³-hybridized carbons (Fsp3) is 0. The molecule has 0 spiro atoms. The van der Waals surface area contributed by atoms with Crippen molar-refractivity contribution in [1.29, 1.82) is 0 Å². The van der Waals surface area contributed by atoms with Crippen LogP contribution in [0.4, 0.5) is 0 Å². The van der Waals surface area contributed by atoms with Crippen LogP contribution in [0.5, 0.6) is 0 Å². The first-order valence-corrected chi connectivity index (χ1v) is 5.31. The summed E-state index contributed by atoms with van der Waals surface area (Å²) in [6.45, 7) is 0. The lowest BCUT2D eigenvalue weighted by Gasteiger charge is -2.01. The van der Waals surface area contributed by atoms with Crippen LogP contribution in [0.1, 0.15) is 0 Å². The maximum absolute atomic E-state index is 11.0. The van der Waals surface area contributed by atoms with Crippen LogP contribution in [0.15, 0.2) is 35.2 Å². The maximum Gasteiger partial charge on any atom is 0.295 e. The molecule has 2 radical (unpaired) electrons. The van der Waals surface area contributed by atoms with Crippen molar-refractivity contribution in [2.75, 3.05) is 0 Å². The van der Waals surface area contributed by atoms with Crippen molar-refractivity contribution in [3.8, 4) is 0 Å². The van der Waals surface area contributed by atoms with Crippen LogP contribution >= 0.6 is 0 Å². The van der Waals surface area contributed by atoms with Crippen molar-refractivity contribution < 1.29 is 13.0 Å². The molecule has 0 saturated carbocycles. The number of fused-ring (bicyclic) bond motifs is 1. The highest BCUT2D eigenvalue weighted by Gasteiger charge is 2.12. The average molecular weight is 206 g/mol. The largest absolute Gasteiger partial charge is 0.295 e. The summed E-state index contributed by atoms with van der Waals surface area (Å²) >= 11 is 0. The summed E-state index contributed by atoms with van der Waals surface area (Å²) in [5.74, 6) is 0. The van der Waals surface area contributed by atoms with Gasteiger partial charge >= 0.3 is 0 Å². The van der Waals surface area contributed by atoms with Gasteiger partial charge in [0.25, 0.3) is 10.1 Å². The average Bonchev–Trinajstić information content (AvgIpc) is 2.15. The molecule has 0 saturated heterocycles. The van der Waals surface area contributed by atoms with Gasteiger partial charge in [0, 0.05) is 5.39 Å². The molecule has 0 amide bonds. The molecule has 0 aliphatic heterocycles. The zero-order valence-electron chi connectivity index (χ0n) is 7.06. The second-order valence-electron chi connectivity index (χ2n) is 2.79. The Balaban J connectivity index is 2.92. The zero-order chi connectivity index (χ0) is 10.2. The third-order valence-electron chi connectivity index (χ3n) is 1.88. The molecule has 70 valence electrons. The van der Waals surface area contributed by atoms with E-state index < -0.39 is 10.1 Å². The Labute approximate surface area is 81.7 Å². The minimum absolute atomic E-state index is 0.108.